The Morgan fingerprint density at radius 1 is 1.22 bits per heavy atom. The molecule has 3 aromatic rings. The van der Waals surface area contributed by atoms with Crippen LogP contribution in [0.1, 0.15) is 40.6 Å². The molecule has 4 rings (SSSR count). The number of piperidine rings is 1. The number of benzene rings is 1. The van der Waals surface area contributed by atoms with Crippen LogP contribution in [0.2, 0.25) is 0 Å². The maximum absolute atomic E-state index is 12.3. The van der Waals surface area contributed by atoms with Crippen molar-refractivity contribution in [2.45, 2.75) is 25.7 Å². The minimum atomic E-state index is 0.000668. The van der Waals surface area contributed by atoms with Crippen LogP contribution in [0.25, 0.3) is 10.9 Å². The molecule has 0 bridgehead atoms. The van der Waals surface area contributed by atoms with Gasteiger partial charge in [-0.2, -0.15) is 0 Å². The second kappa shape index (κ2) is 5.61. The van der Waals surface area contributed by atoms with Gasteiger partial charge in [0.2, 0.25) is 0 Å². The van der Waals surface area contributed by atoms with E-state index in [1.54, 1.807) is 18.4 Å². The summed E-state index contributed by atoms with van der Waals surface area (Å²) >= 11 is 0. The fraction of sp³-hybridized carbons (Fsp3) is 0.316. The van der Waals surface area contributed by atoms with E-state index in [2.05, 4.69) is 36.2 Å². The molecule has 4 heteroatoms. The summed E-state index contributed by atoms with van der Waals surface area (Å²) in [6.45, 7) is 3.67. The summed E-state index contributed by atoms with van der Waals surface area (Å²) in [6, 6.07) is 12.2. The van der Waals surface area contributed by atoms with Crippen LogP contribution in [-0.2, 0) is 0 Å². The number of likely N-dealkylation sites (tertiary alicyclic amines) is 1. The van der Waals surface area contributed by atoms with Gasteiger partial charge in [-0.3, -0.25) is 4.79 Å². The van der Waals surface area contributed by atoms with E-state index < -0.39 is 0 Å². The molecule has 1 amide bonds. The summed E-state index contributed by atoms with van der Waals surface area (Å²) in [4.78, 5) is 17.7. The van der Waals surface area contributed by atoms with Crippen LogP contribution in [0.4, 0.5) is 0 Å². The van der Waals surface area contributed by atoms with Crippen LogP contribution in [0, 0.1) is 6.92 Å². The van der Waals surface area contributed by atoms with Gasteiger partial charge in [0.25, 0.3) is 5.91 Å². The zero-order chi connectivity index (χ0) is 15.8. The zero-order valence-corrected chi connectivity index (χ0v) is 13.2. The number of furan rings is 1. The number of carbonyl (C=O) groups is 1. The van der Waals surface area contributed by atoms with Crippen LogP contribution in [0.15, 0.2) is 47.1 Å². The van der Waals surface area contributed by atoms with Gasteiger partial charge in [-0.25, -0.2) is 0 Å². The molecular weight excluding hydrogens is 288 g/mol. The topological polar surface area (TPSA) is 49.2 Å². The molecule has 4 nitrogen and oxygen atoms in total. The molecule has 0 aliphatic carbocycles. The molecule has 1 aliphatic heterocycles. The first-order valence-corrected chi connectivity index (χ1v) is 8.13. The van der Waals surface area contributed by atoms with Gasteiger partial charge in [0, 0.05) is 30.2 Å². The molecule has 118 valence electrons. The van der Waals surface area contributed by atoms with Crippen LogP contribution in [0.3, 0.4) is 0 Å². The van der Waals surface area contributed by atoms with Gasteiger partial charge >= 0.3 is 0 Å². The van der Waals surface area contributed by atoms with Gasteiger partial charge in [-0.1, -0.05) is 11.6 Å². The molecule has 3 heterocycles. The number of hydrogen-bond acceptors (Lipinski definition) is 2. The lowest BCUT2D eigenvalue weighted by Crippen LogP contribution is -2.37. The molecule has 0 saturated carbocycles. The zero-order valence-electron chi connectivity index (χ0n) is 13.2. The molecule has 1 saturated heterocycles. The molecule has 0 unspecified atom stereocenters. The number of nitrogens with one attached hydrogen (secondary N) is 1. The van der Waals surface area contributed by atoms with Crippen LogP contribution in [-0.4, -0.2) is 28.9 Å². The number of nitrogens with zero attached hydrogens (tertiary/aromatic N) is 1. The number of fused-ring (bicyclic) bond motifs is 1. The fourth-order valence-corrected chi connectivity index (χ4v) is 3.44. The highest BCUT2D eigenvalue weighted by molar-refractivity contribution is 5.91. The van der Waals surface area contributed by atoms with Gasteiger partial charge < -0.3 is 14.3 Å². The average molecular weight is 308 g/mol. The summed E-state index contributed by atoms with van der Waals surface area (Å²) in [5.41, 5.74) is 3.76. The van der Waals surface area contributed by atoms with Gasteiger partial charge in [-0.05, 0) is 55.5 Å². The molecule has 23 heavy (non-hydrogen) atoms. The molecule has 2 aromatic heterocycles. The van der Waals surface area contributed by atoms with Crippen LogP contribution in [0.5, 0.6) is 0 Å². The van der Waals surface area contributed by atoms with Crippen LogP contribution < -0.4 is 0 Å². The number of carbonyl (C=O) groups excluding carboxylic acids is 1. The van der Waals surface area contributed by atoms with Crippen molar-refractivity contribution in [3.63, 3.8) is 0 Å². The lowest BCUT2D eigenvalue weighted by molar-refractivity contribution is 0.0680. The molecule has 1 N–H and O–H groups in total. The fourth-order valence-electron chi connectivity index (χ4n) is 3.44. The first-order valence-electron chi connectivity index (χ1n) is 8.13. The number of amides is 1. The second-order valence-electron chi connectivity index (χ2n) is 6.36. The molecule has 1 aromatic carbocycles. The van der Waals surface area contributed by atoms with Gasteiger partial charge in [-0.15, -0.1) is 0 Å². The van der Waals surface area contributed by atoms with E-state index in [1.165, 1.54) is 22.2 Å². The summed E-state index contributed by atoms with van der Waals surface area (Å²) in [5, 5.41) is 1.27. The van der Waals surface area contributed by atoms with Crippen molar-refractivity contribution in [1.29, 1.82) is 0 Å². The van der Waals surface area contributed by atoms with E-state index in [0.29, 0.717) is 11.7 Å². The molecule has 1 fully saturated rings. The minimum absolute atomic E-state index is 0.000668. The number of aromatic nitrogens is 1. The van der Waals surface area contributed by atoms with Crippen molar-refractivity contribution in [1.82, 2.24) is 9.88 Å². The standard InChI is InChI=1S/C19H20N2O2/c1-13-4-5-16-15(11-13)12-17(20-16)14-6-8-21(9-7-14)19(22)18-3-2-10-23-18/h2-5,10-12,14,20H,6-9H2,1H3. The van der Waals surface area contributed by atoms with E-state index in [4.69, 9.17) is 4.42 Å². The monoisotopic (exact) mass is 308 g/mol. The number of aryl methyl sites for hydroxylation is 1. The smallest absolute Gasteiger partial charge is 0.289 e. The largest absolute Gasteiger partial charge is 0.459 e. The Morgan fingerprint density at radius 3 is 2.78 bits per heavy atom. The normalized spacial score (nSPS) is 16.1. The number of rotatable bonds is 2. The Kier molecular flexibility index (Phi) is 3.45. The highest BCUT2D eigenvalue weighted by Crippen LogP contribution is 2.30. The Bertz CT molecular complexity index is 824. The van der Waals surface area contributed by atoms with Crippen molar-refractivity contribution in [3.05, 3.63) is 59.7 Å². The Hall–Kier alpha value is -2.49. The first kappa shape index (κ1) is 14.1. The first-order chi connectivity index (χ1) is 11.2. The van der Waals surface area contributed by atoms with Crippen molar-refractivity contribution >= 4 is 16.8 Å². The highest BCUT2D eigenvalue weighted by Gasteiger charge is 2.26. The van der Waals surface area contributed by atoms with Crippen molar-refractivity contribution in [3.8, 4) is 0 Å². The van der Waals surface area contributed by atoms with E-state index in [1.807, 2.05) is 4.90 Å². The predicted octanol–water partition coefficient (Wildman–Crippen LogP) is 4.09. The van der Waals surface area contributed by atoms with Crippen molar-refractivity contribution in [2.75, 3.05) is 13.1 Å². The highest BCUT2D eigenvalue weighted by atomic mass is 16.3. The number of aromatic amines is 1. The van der Waals surface area contributed by atoms with E-state index in [0.717, 1.165) is 25.9 Å². The molecule has 0 radical (unpaired) electrons. The van der Waals surface area contributed by atoms with E-state index in [9.17, 15) is 4.79 Å². The number of hydrogen-bond donors (Lipinski definition) is 1. The molecule has 1 aliphatic rings. The van der Waals surface area contributed by atoms with Crippen molar-refractivity contribution in [2.24, 2.45) is 0 Å². The summed E-state index contributed by atoms with van der Waals surface area (Å²) in [6.07, 6.45) is 3.52. The lowest BCUT2D eigenvalue weighted by Gasteiger charge is -2.31. The summed E-state index contributed by atoms with van der Waals surface area (Å²) in [7, 11) is 0. The Balaban J connectivity index is 1.47. The third-order valence-corrected chi connectivity index (χ3v) is 4.75. The lowest BCUT2D eigenvalue weighted by atomic mass is 9.93. The quantitative estimate of drug-likeness (QED) is 0.775. The molecule has 0 atom stereocenters. The SMILES string of the molecule is Cc1ccc2[nH]c(C3CCN(C(=O)c4ccco4)CC3)cc2c1. The minimum Gasteiger partial charge on any atom is -0.459 e. The van der Waals surface area contributed by atoms with Crippen molar-refractivity contribution < 1.29 is 9.21 Å². The average Bonchev–Trinajstić information content (AvgIpc) is 3.23. The summed E-state index contributed by atoms with van der Waals surface area (Å²) < 4.78 is 5.21. The van der Waals surface area contributed by atoms with Gasteiger partial charge in [0.05, 0.1) is 6.26 Å². The number of H-pyrrole nitrogens is 1. The Morgan fingerprint density at radius 2 is 2.04 bits per heavy atom. The van der Waals surface area contributed by atoms with E-state index in [-0.39, 0.29) is 5.91 Å². The maximum Gasteiger partial charge on any atom is 0.289 e. The van der Waals surface area contributed by atoms with Crippen LogP contribution >= 0.6 is 0 Å². The van der Waals surface area contributed by atoms with Gasteiger partial charge in [0.1, 0.15) is 0 Å². The Labute approximate surface area is 135 Å². The summed E-state index contributed by atoms with van der Waals surface area (Å²) in [5.74, 6) is 0.925. The third kappa shape index (κ3) is 2.65. The predicted molar refractivity (Wildman–Crippen MR) is 89.6 cm³/mol. The van der Waals surface area contributed by atoms with E-state index >= 15 is 0 Å². The van der Waals surface area contributed by atoms with Gasteiger partial charge in [0.15, 0.2) is 5.76 Å². The third-order valence-electron chi connectivity index (χ3n) is 4.75. The molecule has 0 spiro atoms. The molecular formula is C19H20N2O2. The maximum atomic E-state index is 12.3. The second-order valence-corrected chi connectivity index (χ2v) is 6.36.